The maximum Gasteiger partial charge on any atom is 0.258 e. The first kappa shape index (κ1) is 42.0. The third-order valence-electron chi connectivity index (χ3n) is 13.7. The number of hydrogen-bond donors (Lipinski definition) is 2. The summed E-state index contributed by atoms with van der Waals surface area (Å²) in [6.45, 7) is 20.0. The van der Waals surface area contributed by atoms with E-state index in [1.807, 2.05) is 75.6 Å². The Labute approximate surface area is 341 Å². The number of halogens is 2. The molecule has 5 aliphatic rings. The Bertz CT molecular complexity index is 1970. The van der Waals surface area contributed by atoms with Gasteiger partial charge >= 0.3 is 0 Å². The van der Waals surface area contributed by atoms with E-state index in [1.54, 1.807) is 20.9 Å². The van der Waals surface area contributed by atoms with Crippen molar-refractivity contribution in [3.8, 4) is 10.4 Å². The molecule has 3 aromatic rings. The summed E-state index contributed by atoms with van der Waals surface area (Å²) in [4.78, 5) is 38.2. The number of aryl methyl sites for hydroxylation is 1. The Morgan fingerprint density at radius 1 is 1.09 bits per heavy atom. The van der Waals surface area contributed by atoms with Crippen LogP contribution in [0.4, 0.5) is 8.78 Å². The number of carbonyl (C=O) groups excluding carboxylic acids is 2. The van der Waals surface area contributed by atoms with Crippen molar-refractivity contribution >= 4 is 31.5 Å². The van der Waals surface area contributed by atoms with Crippen LogP contribution in [-0.4, -0.2) is 106 Å². The van der Waals surface area contributed by atoms with E-state index in [0.29, 0.717) is 26.1 Å². The fraction of sp³-hybridized carbons (Fsp3) is 0.690. The molecule has 2 amide bonds. The van der Waals surface area contributed by atoms with Crippen molar-refractivity contribution in [1.29, 1.82) is 0 Å². The molecule has 2 aromatic heterocycles. The standard InChI is InChI=1S/C42H61F2N7O4SSi/c1-27-33(56-26-46-27)29-13-11-28(12-14-29)16-45-35(53)31-15-30(55-57(9,10)38(5,6)7)17-50(31)36(54)34(37(2,3)4)51-18-32(47-48-51)40-19-39(20-40,21-40)23-49(8)24-41(25-52)22-42(41,43)44/h11-14,18,26,30-31,34,52H,15-17,19-25H2,1-10H3,(H,45,53)/t30-,31+,34-,39?,40?,41-/m1/s1. The Morgan fingerprint density at radius 3 is 2.28 bits per heavy atom. The minimum Gasteiger partial charge on any atom is -0.412 e. The Hall–Kier alpha value is -3.11. The van der Waals surface area contributed by atoms with Crippen molar-refractivity contribution in [1.82, 2.24) is 35.1 Å². The van der Waals surface area contributed by atoms with E-state index in [9.17, 15) is 23.5 Å². The monoisotopic (exact) mass is 825 g/mol. The summed E-state index contributed by atoms with van der Waals surface area (Å²) in [6, 6.07) is 6.70. The number of thiazole rings is 1. The molecule has 4 aliphatic carbocycles. The van der Waals surface area contributed by atoms with Crippen LogP contribution in [-0.2, 0) is 26.0 Å². The number of benzene rings is 1. The first-order valence-electron chi connectivity index (χ1n) is 20.3. The number of amides is 2. The maximum atomic E-state index is 14.9. The van der Waals surface area contributed by atoms with Crippen LogP contribution >= 0.6 is 11.3 Å². The molecular weight excluding hydrogens is 765 g/mol. The lowest BCUT2D eigenvalue weighted by atomic mass is 9.34. The van der Waals surface area contributed by atoms with Crippen LogP contribution in [0.25, 0.3) is 10.4 Å². The van der Waals surface area contributed by atoms with Crippen LogP contribution in [0, 0.1) is 23.2 Å². The number of rotatable bonds is 14. The topological polar surface area (TPSA) is 126 Å². The fourth-order valence-electron chi connectivity index (χ4n) is 9.67. The summed E-state index contributed by atoms with van der Waals surface area (Å²) in [7, 11) is -0.357. The highest BCUT2D eigenvalue weighted by atomic mass is 32.1. The highest BCUT2D eigenvalue weighted by Gasteiger charge is 2.72. The van der Waals surface area contributed by atoms with Crippen molar-refractivity contribution in [3.63, 3.8) is 0 Å². The first-order valence-corrected chi connectivity index (χ1v) is 24.1. The normalized spacial score (nSPS) is 28.6. The Morgan fingerprint density at radius 2 is 1.74 bits per heavy atom. The summed E-state index contributed by atoms with van der Waals surface area (Å²) in [5.74, 6) is -3.20. The number of nitrogens with zero attached hydrogens (tertiary/aromatic N) is 6. The van der Waals surface area contributed by atoms with E-state index in [4.69, 9.17) is 4.43 Å². The van der Waals surface area contributed by atoms with Crippen LogP contribution in [0.1, 0.15) is 96.6 Å². The molecule has 1 aliphatic heterocycles. The molecule has 4 atom stereocenters. The van der Waals surface area contributed by atoms with Gasteiger partial charge in [-0.15, -0.1) is 16.4 Å². The molecule has 1 aromatic carbocycles. The molecule has 11 nitrogen and oxygen atoms in total. The average Bonchev–Trinajstić information content (AvgIpc) is 3.61. The van der Waals surface area contributed by atoms with Crippen molar-refractivity contribution in [2.45, 2.75) is 135 Å². The number of nitrogens with one attached hydrogen (secondary N) is 1. The molecule has 2 bridgehead atoms. The third kappa shape index (κ3) is 7.76. The molecule has 0 radical (unpaired) electrons. The largest absolute Gasteiger partial charge is 0.412 e. The summed E-state index contributed by atoms with van der Waals surface area (Å²) in [5, 5.41) is 22.0. The van der Waals surface area contributed by atoms with Gasteiger partial charge in [-0.1, -0.05) is 71.0 Å². The van der Waals surface area contributed by atoms with Crippen molar-refractivity contribution in [2.75, 3.05) is 33.3 Å². The first-order chi connectivity index (χ1) is 26.4. The molecule has 8 rings (SSSR count). The molecule has 0 unspecified atom stereocenters. The van der Waals surface area contributed by atoms with Crippen LogP contribution in [0.15, 0.2) is 36.0 Å². The van der Waals surface area contributed by atoms with Gasteiger partial charge in [0, 0.05) is 50.6 Å². The molecule has 3 heterocycles. The second-order valence-corrected chi connectivity index (χ2v) is 26.2. The summed E-state index contributed by atoms with van der Waals surface area (Å²) in [6.07, 6.45) is 4.43. The lowest BCUT2D eigenvalue weighted by molar-refractivity contribution is -0.158. The predicted molar refractivity (Wildman–Crippen MR) is 219 cm³/mol. The minimum atomic E-state index is -2.80. The zero-order valence-corrected chi connectivity index (χ0v) is 37.1. The highest BCUT2D eigenvalue weighted by Crippen LogP contribution is 2.73. The average molecular weight is 826 g/mol. The molecule has 5 fully saturated rings. The molecule has 4 saturated carbocycles. The number of hydrogen-bond acceptors (Lipinski definition) is 9. The summed E-state index contributed by atoms with van der Waals surface area (Å²) < 4.78 is 36.6. The number of aliphatic hydroxyl groups is 1. The predicted octanol–water partition coefficient (Wildman–Crippen LogP) is 6.98. The van der Waals surface area contributed by atoms with Crippen LogP contribution in [0.2, 0.25) is 18.1 Å². The van der Waals surface area contributed by atoms with Gasteiger partial charge in [0.2, 0.25) is 11.8 Å². The second kappa shape index (κ2) is 14.3. The van der Waals surface area contributed by atoms with E-state index < -0.39 is 43.8 Å². The molecule has 312 valence electrons. The van der Waals surface area contributed by atoms with E-state index in [1.165, 1.54) is 0 Å². The number of alkyl halides is 2. The number of carbonyl (C=O) groups is 2. The van der Waals surface area contributed by atoms with Gasteiger partial charge in [-0.2, -0.15) is 0 Å². The van der Waals surface area contributed by atoms with Gasteiger partial charge in [0.1, 0.15) is 12.1 Å². The van der Waals surface area contributed by atoms with Crippen molar-refractivity contribution < 1.29 is 27.9 Å². The molecule has 57 heavy (non-hydrogen) atoms. The minimum absolute atomic E-state index is 0.0382. The van der Waals surface area contributed by atoms with Gasteiger partial charge in [-0.25, -0.2) is 18.4 Å². The number of likely N-dealkylation sites (tertiary alicyclic amines) is 1. The Balaban J connectivity index is 1.05. The van der Waals surface area contributed by atoms with E-state index in [2.05, 4.69) is 54.5 Å². The smallest absolute Gasteiger partial charge is 0.258 e. The zero-order valence-electron chi connectivity index (χ0n) is 35.3. The maximum absolute atomic E-state index is 14.9. The molecule has 2 N–H and O–H groups in total. The van der Waals surface area contributed by atoms with Crippen molar-refractivity contribution in [3.05, 3.63) is 52.9 Å². The molecular formula is C42H61F2N7O4SSi. The van der Waals surface area contributed by atoms with Gasteiger partial charge in [-0.05, 0) is 73.3 Å². The Kier molecular flexibility index (Phi) is 10.5. The second-order valence-electron chi connectivity index (χ2n) is 20.6. The van der Waals surface area contributed by atoms with E-state index >= 15 is 0 Å². The lowest BCUT2D eigenvalue weighted by Crippen LogP contribution is -2.68. The van der Waals surface area contributed by atoms with E-state index in [0.717, 1.165) is 46.7 Å². The van der Waals surface area contributed by atoms with Crippen LogP contribution in [0.5, 0.6) is 0 Å². The quantitative estimate of drug-likeness (QED) is 0.167. The lowest BCUT2D eigenvalue weighted by Gasteiger charge is -2.71. The van der Waals surface area contributed by atoms with Crippen LogP contribution < -0.4 is 5.32 Å². The van der Waals surface area contributed by atoms with Gasteiger partial charge < -0.3 is 24.6 Å². The zero-order chi connectivity index (χ0) is 41.6. The van der Waals surface area contributed by atoms with Gasteiger partial charge in [0.25, 0.3) is 5.92 Å². The summed E-state index contributed by atoms with van der Waals surface area (Å²) in [5.41, 5.74) is 3.75. The summed E-state index contributed by atoms with van der Waals surface area (Å²) >= 11 is 1.60. The molecule has 15 heteroatoms. The third-order valence-corrected chi connectivity index (χ3v) is 19.3. The van der Waals surface area contributed by atoms with Crippen LogP contribution in [0.3, 0.4) is 0 Å². The molecule has 1 saturated heterocycles. The van der Waals surface area contributed by atoms with Gasteiger partial charge in [-0.3, -0.25) is 9.59 Å². The SMILES string of the molecule is Cc1ncsc1-c1ccc(CNC(=O)[C@@H]2C[C@@H](O[Si](C)(C)C(C)(C)C)CN2C(=O)[C@@H](n2cc(C34CC(CN(C)C[C@@]5(CO)CC5(F)F)(C3)C4)nn2)C(C)(C)C)cc1. The van der Waals surface area contributed by atoms with Crippen molar-refractivity contribution in [2.24, 2.45) is 16.2 Å². The number of aromatic nitrogens is 4. The molecule has 0 spiro atoms. The van der Waals surface area contributed by atoms with E-state index in [-0.39, 0.29) is 46.8 Å². The number of aliphatic hydroxyl groups excluding tert-OH is 1. The van der Waals surface area contributed by atoms with Gasteiger partial charge in [0.05, 0.1) is 39.9 Å². The fourth-order valence-corrected chi connectivity index (χ4v) is 11.8. The van der Waals surface area contributed by atoms with Gasteiger partial charge in [0.15, 0.2) is 8.32 Å². The highest BCUT2D eigenvalue weighted by molar-refractivity contribution is 7.13.